The Kier molecular flexibility index (Phi) is 6.11. The normalized spacial score (nSPS) is 14.1. The van der Waals surface area contributed by atoms with Crippen LogP contribution in [0.3, 0.4) is 0 Å². The van der Waals surface area contributed by atoms with E-state index in [2.05, 4.69) is 38.4 Å². The third kappa shape index (κ3) is 5.23. The minimum absolute atomic E-state index is 0.0868. The van der Waals surface area contributed by atoms with E-state index in [4.69, 9.17) is 4.74 Å². The van der Waals surface area contributed by atoms with Crippen LogP contribution in [0.5, 0.6) is 11.5 Å². The molecule has 0 bridgehead atoms. The molecule has 0 radical (unpaired) electrons. The van der Waals surface area contributed by atoms with Gasteiger partial charge in [0.15, 0.2) is 5.13 Å². The number of carbonyl (C=O) groups is 1. The fourth-order valence-electron chi connectivity index (χ4n) is 3.77. The van der Waals surface area contributed by atoms with Gasteiger partial charge in [-0.05, 0) is 49.9 Å². The van der Waals surface area contributed by atoms with E-state index < -0.39 is 0 Å². The van der Waals surface area contributed by atoms with Crippen LogP contribution in [0.15, 0.2) is 36.5 Å². The average molecular weight is 423 g/mol. The lowest BCUT2D eigenvalue weighted by Crippen LogP contribution is -2.25. The highest BCUT2D eigenvalue weighted by Gasteiger charge is 2.16. The first-order valence-electron chi connectivity index (χ1n) is 10.1. The van der Waals surface area contributed by atoms with Gasteiger partial charge >= 0.3 is 0 Å². The van der Waals surface area contributed by atoms with E-state index in [-0.39, 0.29) is 5.91 Å². The van der Waals surface area contributed by atoms with Gasteiger partial charge in [-0.25, -0.2) is 4.98 Å². The number of thiazole rings is 1. The maximum absolute atomic E-state index is 11.2. The van der Waals surface area contributed by atoms with Crippen LogP contribution in [0.1, 0.15) is 34.3 Å². The summed E-state index contributed by atoms with van der Waals surface area (Å²) in [5.74, 6) is 1.61. The lowest BCUT2D eigenvalue weighted by atomic mass is 10.0. The molecule has 0 fully saturated rings. The van der Waals surface area contributed by atoms with Gasteiger partial charge in [-0.1, -0.05) is 6.07 Å². The predicted molar refractivity (Wildman–Crippen MR) is 119 cm³/mol. The molecule has 0 atom stereocenters. The van der Waals surface area contributed by atoms with Crippen LogP contribution in [0, 0.1) is 13.8 Å². The second kappa shape index (κ2) is 8.93. The molecule has 0 unspecified atom stereocenters. The molecule has 0 saturated heterocycles. The molecule has 2 aromatic heterocycles. The molecule has 6 nitrogen and oxygen atoms in total. The standard InChI is InChI=1S/C23H26N4O2S/c1-15-10-21(11-16(2)25-15)29-20-5-4-18-6-8-27(9-7-19(18)12-20)14-22-13-24-23(30-22)26-17(3)28/h4-5,10-13H,6-9,14H2,1-3H3,(H,24,26,28). The van der Waals surface area contributed by atoms with Crippen molar-refractivity contribution in [2.75, 3.05) is 18.4 Å². The summed E-state index contributed by atoms with van der Waals surface area (Å²) in [7, 11) is 0. The second-order valence-corrected chi connectivity index (χ2v) is 8.82. The summed E-state index contributed by atoms with van der Waals surface area (Å²) < 4.78 is 6.11. The van der Waals surface area contributed by atoms with Crippen molar-refractivity contribution in [1.82, 2.24) is 14.9 Å². The quantitative estimate of drug-likeness (QED) is 0.655. The highest BCUT2D eigenvalue weighted by Crippen LogP contribution is 2.28. The van der Waals surface area contributed by atoms with E-state index in [1.54, 1.807) is 11.3 Å². The number of hydrogen-bond donors (Lipinski definition) is 1. The Labute approximate surface area is 180 Å². The minimum atomic E-state index is -0.0868. The zero-order valence-corrected chi connectivity index (χ0v) is 18.4. The SMILES string of the molecule is CC(=O)Nc1ncc(CN2CCc3ccc(Oc4cc(C)nc(C)c4)cc3CC2)s1. The van der Waals surface area contributed by atoms with Crippen LogP contribution in [0.25, 0.3) is 0 Å². The van der Waals surface area contributed by atoms with E-state index in [0.29, 0.717) is 5.13 Å². The minimum Gasteiger partial charge on any atom is -0.457 e. The van der Waals surface area contributed by atoms with Gasteiger partial charge in [0.1, 0.15) is 11.5 Å². The van der Waals surface area contributed by atoms with E-state index >= 15 is 0 Å². The fourth-order valence-corrected chi connectivity index (χ4v) is 4.67. The van der Waals surface area contributed by atoms with Gasteiger partial charge in [0, 0.05) is 61.2 Å². The molecule has 3 heterocycles. The molecule has 0 saturated carbocycles. The zero-order valence-electron chi connectivity index (χ0n) is 17.6. The van der Waals surface area contributed by atoms with Crippen LogP contribution in [0.2, 0.25) is 0 Å². The largest absolute Gasteiger partial charge is 0.457 e. The van der Waals surface area contributed by atoms with Crippen molar-refractivity contribution in [3.05, 3.63) is 63.9 Å². The first kappa shape index (κ1) is 20.5. The van der Waals surface area contributed by atoms with Gasteiger partial charge in [-0.2, -0.15) is 0 Å². The first-order chi connectivity index (χ1) is 14.4. The number of nitrogens with zero attached hydrogens (tertiary/aromatic N) is 3. The van der Waals surface area contributed by atoms with Gasteiger partial charge in [-0.3, -0.25) is 14.7 Å². The number of carbonyl (C=O) groups excluding carboxylic acids is 1. The summed E-state index contributed by atoms with van der Waals surface area (Å²) in [5, 5.41) is 3.42. The first-order valence-corrected chi connectivity index (χ1v) is 11.0. The number of benzene rings is 1. The van der Waals surface area contributed by atoms with E-state index in [0.717, 1.165) is 60.2 Å². The Bertz CT molecular complexity index is 1040. The van der Waals surface area contributed by atoms with Crippen LogP contribution >= 0.6 is 11.3 Å². The number of nitrogens with one attached hydrogen (secondary N) is 1. The summed E-state index contributed by atoms with van der Waals surface area (Å²) in [6, 6.07) is 10.3. The van der Waals surface area contributed by atoms with Crippen LogP contribution < -0.4 is 10.1 Å². The molecule has 1 aliphatic heterocycles. The van der Waals surface area contributed by atoms with Crippen LogP contribution in [-0.4, -0.2) is 33.9 Å². The Hall–Kier alpha value is -2.77. The summed E-state index contributed by atoms with van der Waals surface area (Å²) >= 11 is 1.54. The number of amides is 1. The highest BCUT2D eigenvalue weighted by molar-refractivity contribution is 7.15. The molecular formula is C23H26N4O2S. The van der Waals surface area contributed by atoms with Crippen molar-refractivity contribution in [2.45, 2.75) is 40.2 Å². The number of ether oxygens (including phenoxy) is 1. The van der Waals surface area contributed by atoms with Crippen LogP contribution in [-0.2, 0) is 24.2 Å². The molecule has 30 heavy (non-hydrogen) atoms. The van der Waals surface area contributed by atoms with Crippen LogP contribution in [0.4, 0.5) is 5.13 Å². The molecule has 3 aromatic rings. The number of pyridine rings is 1. The zero-order chi connectivity index (χ0) is 21.1. The Morgan fingerprint density at radius 3 is 2.57 bits per heavy atom. The smallest absolute Gasteiger partial charge is 0.223 e. The van der Waals surface area contributed by atoms with E-state index in [1.165, 1.54) is 18.1 Å². The monoisotopic (exact) mass is 422 g/mol. The molecule has 1 amide bonds. The van der Waals surface area contributed by atoms with Crippen molar-refractivity contribution >= 4 is 22.4 Å². The summed E-state index contributed by atoms with van der Waals surface area (Å²) in [4.78, 5) is 23.5. The van der Waals surface area contributed by atoms with Crippen molar-refractivity contribution in [3.63, 3.8) is 0 Å². The van der Waals surface area contributed by atoms with Gasteiger partial charge in [0.25, 0.3) is 0 Å². The number of anilines is 1. The number of fused-ring (bicyclic) bond motifs is 1. The van der Waals surface area contributed by atoms with Gasteiger partial charge in [0.05, 0.1) is 0 Å². The Morgan fingerprint density at radius 1 is 1.10 bits per heavy atom. The summed E-state index contributed by atoms with van der Waals surface area (Å²) in [5.41, 5.74) is 4.65. The predicted octanol–water partition coefficient (Wildman–Crippen LogP) is 4.51. The van der Waals surface area contributed by atoms with Crippen molar-refractivity contribution in [2.24, 2.45) is 0 Å². The summed E-state index contributed by atoms with van der Waals surface area (Å²) in [6.45, 7) is 8.30. The molecule has 0 aliphatic carbocycles. The molecule has 1 N–H and O–H groups in total. The maximum Gasteiger partial charge on any atom is 0.223 e. The topological polar surface area (TPSA) is 67.4 Å². The third-order valence-electron chi connectivity index (χ3n) is 5.08. The Morgan fingerprint density at radius 2 is 1.83 bits per heavy atom. The second-order valence-electron chi connectivity index (χ2n) is 7.71. The maximum atomic E-state index is 11.2. The van der Waals surface area contributed by atoms with Crippen molar-refractivity contribution in [1.29, 1.82) is 0 Å². The highest BCUT2D eigenvalue weighted by atomic mass is 32.1. The molecular weight excluding hydrogens is 396 g/mol. The number of hydrogen-bond acceptors (Lipinski definition) is 6. The molecule has 7 heteroatoms. The number of aryl methyl sites for hydroxylation is 2. The van der Waals surface area contributed by atoms with E-state index in [1.807, 2.05) is 32.2 Å². The number of rotatable bonds is 5. The molecule has 4 rings (SSSR count). The molecule has 0 spiro atoms. The van der Waals surface area contributed by atoms with E-state index in [9.17, 15) is 4.79 Å². The van der Waals surface area contributed by atoms with Gasteiger partial charge in [0.2, 0.25) is 5.91 Å². The third-order valence-corrected chi connectivity index (χ3v) is 5.98. The lowest BCUT2D eigenvalue weighted by molar-refractivity contribution is -0.114. The van der Waals surface area contributed by atoms with Gasteiger partial charge < -0.3 is 10.1 Å². The van der Waals surface area contributed by atoms with Crippen molar-refractivity contribution in [3.8, 4) is 11.5 Å². The molecule has 1 aromatic carbocycles. The average Bonchev–Trinajstić information content (AvgIpc) is 2.99. The molecule has 156 valence electrons. The summed E-state index contributed by atoms with van der Waals surface area (Å²) in [6.07, 6.45) is 3.86. The fraction of sp³-hybridized carbons (Fsp3) is 0.348. The Balaban J connectivity index is 1.41. The lowest BCUT2D eigenvalue weighted by Gasteiger charge is -2.18. The molecule has 1 aliphatic rings. The van der Waals surface area contributed by atoms with Gasteiger partial charge in [-0.15, -0.1) is 11.3 Å². The number of aromatic nitrogens is 2. The van der Waals surface area contributed by atoms with Crippen molar-refractivity contribution < 1.29 is 9.53 Å².